The van der Waals surface area contributed by atoms with Crippen molar-refractivity contribution in [2.75, 3.05) is 26.2 Å². The monoisotopic (exact) mass is 384 g/mol. The van der Waals surface area contributed by atoms with Gasteiger partial charge < -0.3 is 9.64 Å². The quantitative estimate of drug-likeness (QED) is 0.802. The second kappa shape index (κ2) is 7.62. The average Bonchev–Trinajstić information content (AvgIpc) is 2.61. The van der Waals surface area contributed by atoms with Crippen molar-refractivity contribution in [2.24, 2.45) is 0 Å². The predicted octanol–water partition coefficient (Wildman–Crippen LogP) is 2.25. The maximum Gasteiger partial charge on any atom is 0.254 e. The molecule has 0 saturated carbocycles. The molecule has 1 aromatic rings. The number of amides is 1. The molecule has 26 heavy (non-hydrogen) atoms. The van der Waals surface area contributed by atoms with Gasteiger partial charge in [0.15, 0.2) is 0 Å². The second-order valence-corrected chi connectivity index (χ2v) is 8.98. The van der Waals surface area contributed by atoms with Gasteiger partial charge in [0.1, 0.15) is 10.7 Å². The van der Waals surface area contributed by atoms with E-state index in [4.69, 9.17) is 4.74 Å². The molecule has 144 valence electrons. The molecule has 2 fully saturated rings. The number of sulfonamides is 1. The Hall–Kier alpha value is -1.51. The highest BCUT2D eigenvalue weighted by molar-refractivity contribution is 7.89. The van der Waals surface area contributed by atoms with Crippen molar-refractivity contribution in [1.29, 1.82) is 0 Å². The van der Waals surface area contributed by atoms with Crippen molar-refractivity contribution in [2.45, 2.75) is 50.2 Å². The van der Waals surface area contributed by atoms with Crippen LogP contribution in [-0.2, 0) is 14.8 Å². The van der Waals surface area contributed by atoms with Gasteiger partial charge in [-0.25, -0.2) is 12.8 Å². The Kier molecular flexibility index (Phi) is 5.64. The van der Waals surface area contributed by atoms with Crippen LogP contribution in [0, 0.1) is 5.82 Å². The SMILES string of the molecule is CC1CN(C(=O)c2ccc(F)c(S(=O)(=O)N3CCCCC3)c2)CC(C)O1. The summed E-state index contributed by atoms with van der Waals surface area (Å²) < 4.78 is 46.8. The summed E-state index contributed by atoms with van der Waals surface area (Å²) in [7, 11) is -3.94. The van der Waals surface area contributed by atoms with Gasteiger partial charge in [0.2, 0.25) is 10.0 Å². The summed E-state index contributed by atoms with van der Waals surface area (Å²) >= 11 is 0. The van der Waals surface area contributed by atoms with E-state index in [0.717, 1.165) is 25.3 Å². The number of benzene rings is 1. The smallest absolute Gasteiger partial charge is 0.254 e. The minimum atomic E-state index is -3.94. The van der Waals surface area contributed by atoms with Gasteiger partial charge in [-0.2, -0.15) is 4.31 Å². The molecule has 2 aliphatic heterocycles. The van der Waals surface area contributed by atoms with Crippen LogP contribution < -0.4 is 0 Å². The molecule has 3 rings (SSSR count). The lowest BCUT2D eigenvalue weighted by molar-refractivity contribution is -0.0586. The first-order chi connectivity index (χ1) is 12.3. The van der Waals surface area contributed by atoms with Crippen LogP contribution in [0.25, 0.3) is 0 Å². The largest absolute Gasteiger partial charge is 0.372 e. The second-order valence-electron chi connectivity index (χ2n) is 7.08. The van der Waals surface area contributed by atoms with Crippen LogP contribution in [0.1, 0.15) is 43.5 Å². The molecule has 2 heterocycles. The number of piperidine rings is 1. The first kappa shape index (κ1) is 19.3. The lowest BCUT2D eigenvalue weighted by atomic mass is 10.1. The Morgan fingerprint density at radius 3 is 2.35 bits per heavy atom. The number of carbonyl (C=O) groups excluding carboxylic acids is 1. The zero-order chi connectivity index (χ0) is 18.9. The first-order valence-electron chi connectivity index (χ1n) is 9.03. The van der Waals surface area contributed by atoms with Gasteiger partial charge in [0, 0.05) is 31.7 Å². The summed E-state index contributed by atoms with van der Waals surface area (Å²) in [5.74, 6) is -1.13. The highest BCUT2D eigenvalue weighted by atomic mass is 32.2. The van der Waals surface area contributed by atoms with Crippen LogP contribution >= 0.6 is 0 Å². The van der Waals surface area contributed by atoms with E-state index in [0.29, 0.717) is 26.2 Å². The summed E-state index contributed by atoms with van der Waals surface area (Å²) in [5, 5.41) is 0. The summed E-state index contributed by atoms with van der Waals surface area (Å²) in [4.78, 5) is 14.0. The average molecular weight is 384 g/mol. The molecule has 2 unspecified atom stereocenters. The van der Waals surface area contributed by atoms with Crippen LogP contribution in [0.4, 0.5) is 4.39 Å². The number of carbonyl (C=O) groups is 1. The fraction of sp³-hybridized carbons (Fsp3) is 0.611. The third-order valence-corrected chi connectivity index (χ3v) is 6.73. The Morgan fingerprint density at radius 2 is 1.73 bits per heavy atom. The van der Waals surface area contributed by atoms with Crippen LogP contribution in [-0.4, -0.2) is 61.9 Å². The van der Waals surface area contributed by atoms with Gasteiger partial charge in [-0.15, -0.1) is 0 Å². The molecule has 0 bridgehead atoms. The number of rotatable bonds is 3. The van der Waals surface area contributed by atoms with Crippen molar-refractivity contribution in [3.63, 3.8) is 0 Å². The molecule has 0 aromatic heterocycles. The Balaban J connectivity index is 1.88. The Bertz CT molecular complexity index is 767. The number of nitrogens with zero attached hydrogens (tertiary/aromatic N) is 2. The van der Waals surface area contributed by atoms with E-state index in [9.17, 15) is 17.6 Å². The molecule has 0 N–H and O–H groups in total. The minimum Gasteiger partial charge on any atom is -0.372 e. The first-order valence-corrected chi connectivity index (χ1v) is 10.5. The lowest BCUT2D eigenvalue weighted by Crippen LogP contribution is -2.48. The van der Waals surface area contributed by atoms with E-state index in [1.165, 1.54) is 16.4 Å². The van der Waals surface area contributed by atoms with Gasteiger partial charge >= 0.3 is 0 Å². The van der Waals surface area contributed by atoms with E-state index in [1.54, 1.807) is 4.90 Å². The third kappa shape index (κ3) is 3.92. The van der Waals surface area contributed by atoms with E-state index < -0.39 is 20.7 Å². The molecule has 1 aromatic carbocycles. The van der Waals surface area contributed by atoms with Crippen LogP contribution in [0.5, 0.6) is 0 Å². The zero-order valence-corrected chi connectivity index (χ0v) is 16.0. The van der Waals surface area contributed by atoms with E-state index in [-0.39, 0.29) is 23.7 Å². The number of hydrogen-bond acceptors (Lipinski definition) is 4. The third-order valence-electron chi connectivity index (χ3n) is 4.82. The van der Waals surface area contributed by atoms with Gasteiger partial charge in [0.05, 0.1) is 12.2 Å². The summed E-state index contributed by atoms with van der Waals surface area (Å²) in [6, 6.07) is 3.58. The fourth-order valence-corrected chi connectivity index (χ4v) is 5.21. The van der Waals surface area contributed by atoms with Crippen molar-refractivity contribution < 1.29 is 22.3 Å². The Morgan fingerprint density at radius 1 is 1.12 bits per heavy atom. The zero-order valence-electron chi connectivity index (χ0n) is 15.2. The molecule has 6 nitrogen and oxygen atoms in total. The molecular formula is C18H25FN2O4S. The molecular weight excluding hydrogens is 359 g/mol. The van der Waals surface area contributed by atoms with Gasteiger partial charge in [0.25, 0.3) is 5.91 Å². The predicted molar refractivity (Wildman–Crippen MR) is 94.9 cm³/mol. The molecule has 2 aliphatic rings. The van der Waals surface area contributed by atoms with Crippen molar-refractivity contribution in [3.8, 4) is 0 Å². The molecule has 1 amide bonds. The number of ether oxygens (including phenoxy) is 1. The molecule has 0 radical (unpaired) electrons. The molecule has 8 heteroatoms. The van der Waals surface area contributed by atoms with Gasteiger partial charge in [-0.3, -0.25) is 4.79 Å². The molecule has 0 aliphatic carbocycles. The standard InChI is InChI=1S/C18H25FN2O4S/c1-13-11-20(12-14(2)25-13)18(22)15-6-7-16(19)17(10-15)26(23,24)21-8-4-3-5-9-21/h6-7,10,13-14H,3-5,8-9,11-12H2,1-2H3. The van der Waals surface area contributed by atoms with Crippen molar-refractivity contribution >= 4 is 15.9 Å². The number of halogens is 1. The highest BCUT2D eigenvalue weighted by Gasteiger charge is 2.31. The molecule has 2 saturated heterocycles. The Labute approximate surface area is 154 Å². The maximum absolute atomic E-state index is 14.3. The van der Waals surface area contributed by atoms with Crippen LogP contribution in [0.15, 0.2) is 23.1 Å². The number of hydrogen-bond donors (Lipinski definition) is 0. The molecule has 2 atom stereocenters. The van der Waals surface area contributed by atoms with Crippen LogP contribution in [0.3, 0.4) is 0 Å². The fourth-order valence-electron chi connectivity index (χ4n) is 3.60. The summed E-state index contributed by atoms with van der Waals surface area (Å²) in [6.07, 6.45) is 2.31. The highest BCUT2D eigenvalue weighted by Crippen LogP contribution is 2.25. The topological polar surface area (TPSA) is 66.9 Å². The summed E-state index contributed by atoms with van der Waals surface area (Å²) in [5.41, 5.74) is 0.184. The van der Waals surface area contributed by atoms with Crippen molar-refractivity contribution in [3.05, 3.63) is 29.6 Å². The maximum atomic E-state index is 14.3. The molecule has 0 spiro atoms. The van der Waals surface area contributed by atoms with Gasteiger partial charge in [-0.05, 0) is 44.9 Å². The summed E-state index contributed by atoms with van der Waals surface area (Å²) in [6.45, 7) is 5.39. The van der Waals surface area contributed by atoms with E-state index in [2.05, 4.69) is 0 Å². The van der Waals surface area contributed by atoms with E-state index >= 15 is 0 Å². The normalized spacial score (nSPS) is 25.3. The van der Waals surface area contributed by atoms with Gasteiger partial charge in [-0.1, -0.05) is 6.42 Å². The minimum absolute atomic E-state index is 0.0975. The lowest BCUT2D eigenvalue weighted by Gasteiger charge is -2.35. The van der Waals surface area contributed by atoms with E-state index in [1.807, 2.05) is 13.8 Å². The van der Waals surface area contributed by atoms with Crippen LogP contribution in [0.2, 0.25) is 0 Å². The number of morpholine rings is 1. The van der Waals surface area contributed by atoms with Crippen molar-refractivity contribution in [1.82, 2.24) is 9.21 Å².